The molecule has 0 radical (unpaired) electrons. The van der Waals surface area contributed by atoms with E-state index >= 15 is 0 Å². The number of carbonyl (C=O) groups excluding carboxylic acids is 1. The van der Waals surface area contributed by atoms with Crippen LogP contribution in [0.3, 0.4) is 0 Å². The highest BCUT2D eigenvalue weighted by Crippen LogP contribution is 2.20. The molecule has 1 aromatic heterocycles. The fourth-order valence-corrected chi connectivity index (χ4v) is 2.79. The molecule has 2 aromatic rings. The highest BCUT2D eigenvalue weighted by Gasteiger charge is 2.21. The van der Waals surface area contributed by atoms with E-state index in [0.29, 0.717) is 6.54 Å². The summed E-state index contributed by atoms with van der Waals surface area (Å²) in [6.07, 6.45) is 5.80. The Bertz CT molecular complexity index is 635. The molecule has 2 heterocycles. The van der Waals surface area contributed by atoms with Crippen molar-refractivity contribution in [1.29, 1.82) is 0 Å². The second-order valence-corrected chi connectivity index (χ2v) is 5.73. The topological polar surface area (TPSA) is 68.2 Å². The molecule has 6 nitrogen and oxygen atoms in total. The summed E-state index contributed by atoms with van der Waals surface area (Å²) < 4.78 is 7.44. The zero-order chi connectivity index (χ0) is 16.1. The van der Waals surface area contributed by atoms with E-state index in [0.717, 1.165) is 30.8 Å². The van der Waals surface area contributed by atoms with Crippen molar-refractivity contribution in [1.82, 2.24) is 20.2 Å². The van der Waals surface area contributed by atoms with E-state index in [4.69, 9.17) is 4.74 Å². The molecule has 0 aliphatic carbocycles. The van der Waals surface area contributed by atoms with Gasteiger partial charge in [-0.1, -0.05) is 30.3 Å². The molecule has 3 rings (SSSR count). The van der Waals surface area contributed by atoms with E-state index in [9.17, 15) is 4.79 Å². The fraction of sp³-hybridized carbons (Fsp3) is 0.412. The minimum Gasteiger partial charge on any atom is -0.376 e. The summed E-state index contributed by atoms with van der Waals surface area (Å²) in [7, 11) is 1.92. The molecule has 6 heteroatoms. The zero-order valence-electron chi connectivity index (χ0n) is 13.2. The number of aromatic nitrogens is 2. The molecule has 2 atom stereocenters. The van der Waals surface area contributed by atoms with Gasteiger partial charge in [0.25, 0.3) is 0 Å². The molecule has 1 aromatic carbocycles. The van der Waals surface area contributed by atoms with Crippen LogP contribution in [0.15, 0.2) is 42.7 Å². The van der Waals surface area contributed by atoms with Gasteiger partial charge in [0.2, 0.25) is 0 Å². The molecule has 23 heavy (non-hydrogen) atoms. The number of urea groups is 1. The zero-order valence-corrected chi connectivity index (χ0v) is 13.2. The van der Waals surface area contributed by atoms with Crippen molar-refractivity contribution in [3.05, 3.63) is 54.1 Å². The monoisotopic (exact) mass is 314 g/mol. The van der Waals surface area contributed by atoms with Gasteiger partial charge in [0, 0.05) is 32.6 Å². The van der Waals surface area contributed by atoms with Crippen molar-refractivity contribution in [2.45, 2.75) is 25.0 Å². The van der Waals surface area contributed by atoms with E-state index < -0.39 is 0 Å². The van der Waals surface area contributed by atoms with Gasteiger partial charge in [0.15, 0.2) is 0 Å². The van der Waals surface area contributed by atoms with Crippen LogP contribution in [0, 0.1) is 0 Å². The first kappa shape index (κ1) is 15.6. The van der Waals surface area contributed by atoms with Gasteiger partial charge in [0.1, 0.15) is 11.9 Å². The molecule has 1 saturated heterocycles. The first-order valence-corrected chi connectivity index (χ1v) is 7.92. The van der Waals surface area contributed by atoms with Gasteiger partial charge < -0.3 is 19.9 Å². The van der Waals surface area contributed by atoms with Crippen molar-refractivity contribution < 1.29 is 9.53 Å². The first-order valence-electron chi connectivity index (χ1n) is 7.92. The molecule has 1 fully saturated rings. The number of amides is 2. The lowest BCUT2D eigenvalue weighted by Gasteiger charge is -2.20. The van der Waals surface area contributed by atoms with Crippen LogP contribution in [0.25, 0.3) is 0 Å². The van der Waals surface area contributed by atoms with Crippen molar-refractivity contribution in [3.8, 4) is 0 Å². The summed E-state index contributed by atoms with van der Waals surface area (Å²) in [6.45, 7) is 1.32. The molecule has 0 saturated carbocycles. The van der Waals surface area contributed by atoms with Gasteiger partial charge in [-0.15, -0.1) is 0 Å². The Labute approximate surface area is 135 Å². The van der Waals surface area contributed by atoms with Gasteiger partial charge in [-0.2, -0.15) is 0 Å². The quantitative estimate of drug-likeness (QED) is 0.887. The third-order valence-corrected chi connectivity index (χ3v) is 4.04. The van der Waals surface area contributed by atoms with Gasteiger partial charge >= 0.3 is 6.03 Å². The number of aryl methyl sites for hydroxylation is 1. The maximum absolute atomic E-state index is 12.3. The van der Waals surface area contributed by atoms with Crippen LogP contribution in [0.5, 0.6) is 0 Å². The number of imidazole rings is 1. The number of hydrogen-bond acceptors (Lipinski definition) is 3. The Morgan fingerprint density at radius 2 is 2.26 bits per heavy atom. The summed E-state index contributed by atoms with van der Waals surface area (Å²) in [4.78, 5) is 16.7. The highest BCUT2D eigenvalue weighted by molar-refractivity contribution is 5.74. The number of ether oxygens (including phenoxy) is 1. The predicted octanol–water partition coefficient (Wildman–Crippen LogP) is 1.99. The van der Waals surface area contributed by atoms with Crippen molar-refractivity contribution in [2.24, 2.45) is 7.05 Å². The molecule has 2 amide bonds. The summed E-state index contributed by atoms with van der Waals surface area (Å²) >= 11 is 0. The summed E-state index contributed by atoms with van der Waals surface area (Å²) in [5.74, 6) is 0.795. The number of benzene rings is 1. The molecule has 0 spiro atoms. The lowest BCUT2D eigenvalue weighted by Crippen LogP contribution is -2.42. The minimum absolute atomic E-state index is 0.129. The van der Waals surface area contributed by atoms with Crippen LogP contribution < -0.4 is 10.6 Å². The summed E-state index contributed by atoms with van der Waals surface area (Å²) in [6, 6.07) is 9.34. The Kier molecular flexibility index (Phi) is 4.92. The van der Waals surface area contributed by atoms with Crippen LogP contribution >= 0.6 is 0 Å². The normalized spacial score (nSPS) is 18.6. The number of hydrogen-bond donors (Lipinski definition) is 2. The van der Waals surface area contributed by atoms with Crippen molar-refractivity contribution in [3.63, 3.8) is 0 Å². The number of rotatable bonds is 5. The van der Waals surface area contributed by atoms with E-state index in [1.54, 1.807) is 6.20 Å². The van der Waals surface area contributed by atoms with Gasteiger partial charge in [0.05, 0.1) is 6.10 Å². The molecule has 1 aliphatic rings. The first-order chi connectivity index (χ1) is 11.2. The maximum Gasteiger partial charge on any atom is 0.315 e. The van der Waals surface area contributed by atoms with Gasteiger partial charge in [-0.05, 0) is 18.4 Å². The van der Waals surface area contributed by atoms with Crippen LogP contribution in [0.4, 0.5) is 4.79 Å². The van der Waals surface area contributed by atoms with E-state index in [2.05, 4.69) is 15.6 Å². The average Bonchev–Trinajstić information content (AvgIpc) is 3.23. The minimum atomic E-state index is -0.291. The van der Waals surface area contributed by atoms with Crippen LogP contribution in [0.1, 0.15) is 30.3 Å². The van der Waals surface area contributed by atoms with Crippen LogP contribution in [-0.4, -0.2) is 34.8 Å². The molecular weight excluding hydrogens is 292 g/mol. The smallest absolute Gasteiger partial charge is 0.315 e. The number of nitrogens with one attached hydrogen (secondary N) is 2. The summed E-state index contributed by atoms with van der Waals surface area (Å²) in [5, 5.41) is 5.91. The lowest BCUT2D eigenvalue weighted by atomic mass is 10.1. The molecule has 0 bridgehead atoms. The Morgan fingerprint density at radius 1 is 1.43 bits per heavy atom. The van der Waals surface area contributed by atoms with Crippen LogP contribution in [0.2, 0.25) is 0 Å². The maximum atomic E-state index is 12.3. The second kappa shape index (κ2) is 7.28. The molecule has 2 N–H and O–H groups in total. The highest BCUT2D eigenvalue weighted by atomic mass is 16.5. The number of nitrogens with zero attached hydrogens (tertiary/aromatic N) is 2. The summed E-state index contributed by atoms with van der Waals surface area (Å²) in [5.41, 5.74) is 0.995. The average molecular weight is 314 g/mol. The van der Waals surface area contributed by atoms with E-state index in [1.165, 1.54) is 0 Å². The van der Waals surface area contributed by atoms with E-state index in [1.807, 2.05) is 48.1 Å². The Balaban J connectivity index is 1.68. The Morgan fingerprint density at radius 3 is 2.91 bits per heavy atom. The van der Waals surface area contributed by atoms with Gasteiger partial charge in [-0.25, -0.2) is 9.78 Å². The Hall–Kier alpha value is -2.34. The third kappa shape index (κ3) is 3.90. The SMILES string of the molecule is Cn1ccnc1C(NC(=O)NCC1CCCO1)c1ccccc1. The molecule has 1 aliphatic heterocycles. The standard InChI is InChI=1S/C17H22N4O2/c1-21-10-9-18-16(21)15(13-6-3-2-4-7-13)20-17(22)19-12-14-8-5-11-23-14/h2-4,6-7,9-10,14-15H,5,8,11-12H2,1H3,(H2,19,20,22). The molecule has 122 valence electrons. The fourth-order valence-electron chi connectivity index (χ4n) is 2.79. The molecule has 2 unspecified atom stereocenters. The van der Waals surface area contributed by atoms with E-state index in [-0.39, 0.29) is 18.2 Å². The second-order valence-electron chi connectivity index (χ2n) is 5.73. The lowest BCUT2D eigenvalue weighted by molar-refractivity contribution is 0.111. The molecular formula is C17H22N4O2. The number of carbonyl (C=O) groups is 1. The van der Waals surface area contributed by atoms with Crippen molar-refractivity contribution in [2.75, 3.05) is 13.2 Å². The van der Waals surface area contributed by atoms with Crippen molar-refractivity contribution >= 4 is 6.03 Å². The van der Waals surface area contributed by atoms with Crippen LogP contribution in [-0.2, 0) is 11.8 Å². The third-order valence-electron chi connectivity index (χ3n) is 4.04. The van der Waals surface area contributed by atoms with Gasteiger partial charge in [-0.3, -0.25) is 0 Å². The largest absolute Gasteiger partial charge is 0.376 e. The predicted molar refractivity (Wildman–Crippen MR) is 87.0 cm³/mol.